The van der Waals surface area contributed by atoms with E-state index >= 15 is 0 Å². The highest BCUT2D eigenvalue weighted by molar-refractivity contribution is 6.39. The molecule has 6 heteroatoms. The first-order valence-electron chi connectivity index (χ1n) is 7.62. The Hall–Kier alpha value is -2.37. The molecule has 0 aliphatic rings. The zero-order valence-electron chi connectivity index (χ0n) is 13.3. The number of amides is 2. The Morgan fingerprint density at radius 1 is 1.12 bits per heavy atom. The van der Waals surface area contributed by atoms with Gasteiger partial charge in [0.15, 0.2) is 0 Å². The van der Waals surface area contributed by atoms with Crippen LogP contribution in [0.3, 0.4) is 0 Å². The SMILES string of the molecule is CCc1cccc(NC(=O)C(=O)NCC(O)c2ccccc2Cl)c1. The van der Waals surface area contributed by atoms with Crippen LogP contribution in [0.1, 0.15) is 24.2 Å². The molecule has 1 unspecified atom stereocenters. The average molecular weight is 347 g/mol. The fraction of sp³-hybridized carbons (Fsp3) is 0.222. The van der Waals surface area contributed by atoms with Gasteiger partial charge in [-0.05, 0) is 30.2 Å². The number of aliphatic hydroxyl groups is 1. The van der Waals surface area contributed by atoms with Gasteiger partial charge in [0.2, 0.25) is 0 Å². The topological polar surface area (TPSA) is 78.4 Å². The molecule has 2 amide bonds. The summed E-state index contributed by atoms with van der Waals surface area (Å²) in [7, 11) is 0. The Morgan fingerprint density at radius 2 is 1.88 bits per heavy atom. The quantitative estimate of drug-likeness (QED) is 0.728. The van der Waals surface area contributed by atoms with Gasteiger partial charge in [0.25, 0.3) is 0 Å². The predicted octanol–water partition coefficient (Wildman–Crippen LogP) is 2.69. The number of carbonyl (C=O) groups is 2. The molecule has 1 atom stereocenters. The summed E-state index contributed by atoms with van der Waals surface area (Å²) in [6.45, 7) is 1.90. The zero-order chi connectivity index (χ0) is 17.5. The lowest BCUT2D eigenvalue weighted by Gasteiger charge is -2.13. The lowest BCUT2D eigenvalue weighted by atomic mass is 10.1. The number of carbonyl (C=O) groups excluding carboxylic acids is 2. The van der Waals surface area contributed by atoms with Crippen molar-refractivity contribution in [3.8, 4) is 0 Å². The molecule has 5 nitrogen and oxygen atoms in total. The summed E-state index contributed by atoms with van der Waals surface area (Å²) in [6, 6.07) is 14.1. The van der Waals surface area contributed by atoms with Crippen LogP contribution in [0.4, 0.5) is 5.69 Å². The summed E-state index contributed by atoms with van der Waals surface area (Å²) in [5.74, 6) is -1.60. The van der Waals surface area contributed by atoms with Crippen molar-refractivity contribution in [3.63, 3.8) is 0 Å². The van der Waals surface area contributed by atoms with E-state index in [0.717, 1.165) is 12.0 Å². The van der Waals surface area contributed by atoms with Gasteiger partial charge in [-0.2, -0.15) is 0 Å². The lowest BCUT2D eigenvalue weighted by molar-refractivity contribution is -0.136. The molecule has 0 radical (unpaired) electrons. The molecule has 0 spiro atoms. The molecule has 3 N–H and O–H groups in total. The van der Waals surface area contributed by atoms with E-state index in [1.807, 2.05) is 25.1 Å². The van der Waals surface area contributed by atoms with Gasteiger partial charge in [-0.25, -0.2) is 0 Å². The molecule has 126 valence electrons. The molecule has 24 heavy (non-hydrogen) atoms. The van der Waals surface area contributed by atoms with Crippen molar-refractivity contribution in [1.82, 2.24) is 5.32 Å². The molecular formula is C18H19ClN2O3. The van der Waals surface area contributed by atoms with Crippen LogP contribution in [0.15, 0.2) is 48.5 Å². The first kappa shape index (κ1) is 18.0. The van der Waals surface area contributed by atoms with E-state index in [9.17, 15) is 14.7 Å². The monoisotopic (exact) mass is 346 g/mol. The maximum atomic E-state index is 11.9. The van der Waals surface area contributed by atoms with Gasteiger partial charge >= 0.3 is 11.8 Å². The Labute approximate surface area is 145 Å². The second kappa shape index (κ2) is 8.47. The average Bonchev–Trinajstić information content (AvgIpc) is 2.59. The number of nitrogens with one attached hydrogen (secondary N) is 2. The molecule has 0 aliphatic carbocycles. The number of aliphatic hydroxyl groups excluding tert-OH is 1. The van der Waals surface area contributed by atoms with Gasteiger partial charge in [0.05, 0.1) is 6.10 Å². The van der Waals surface area contributed by atoms with Crippen molar-refractivity contribution in [3.05, 3.63) is 64.7 Å². The Bertz CT molecular complexity index is 734. The van der Waals surface area contributed by atoms with Gasteiger partial charge in [0, 0.05) is 22.8 Å². The first-order chi connectivity index (χ1) is 11.5. The second-order valence-electron chi connectivity index (χ2n) is 5.26. The Kier molecular flexibility index (Phi) is 6.35. The van der Waals surface area contributed by atoms with Crippen molar-refractivity contribution in [2.24, 2.45) is 0 Å². The largest absolute Gasteiger partial charge is 0.387 e. The maximum absolute atomic E-state index is 11.9. The van der Waals surface area contributed by atoms with Gasteiger partial charge in [-0.1, -0.05) is 48.9 Å². The van der Waals surface area contributed by atoms with Gasteiger partial charge in [-0.15, -0.1) is 0 Å². The Balaban J connectivity index is 1.90. The number of aryl methyl sites for hydroxylation is 1. The molecule has 0 fully saturated rings. The smallest absolute Gasteiger partial charge is 0.313 e. The summed E-state index contributed by atoms with van der Waals surface area (Å²) in [5.41, 5.74) is 2.11. The predicted molar refractivity (Wildman–Crippen MR) is 93.9 cm³/mol. The number of halogens is 1. The van der Waals surface area contributed by atoms with E-state index < -0.39 is 17.9 Å². The molecule has 0 saturated carbocycles. The highest BCUT2D eigenvalue weighted by Gasteiger charge is 2.17. The number of hydrogen-bond donors (Lipinski definition) is 3. The number of benzene rings is 2. The van der Waals surface area contributed by atoms with E-state index in [1.165, 1.54) is 0 Å². The molecule has 0 saturated heterocycles. The summed E-state index contributed by atoms with van der Waals surface area (Å²) in [5, 5.41) is 15.4. The molecule has 2 rings (SSSR count). The van der Waals surface area contributed by atoms with Crippen LogP contribution in [-0.4, -0.2) is 23.5 Å². The van der Waals surface area contributed by atoms with Crippen molar-refractivity contribution in [2.45, 2.75) is 19.4 Å². The second-order valence-corrected chi connectivity index (χ2v) is 5.66. The summed E-state index contributed by atoms with van der Waals surface area (Å²) < 4.78 is 0. The number of hydrogen-bond acceptors (Lipinski definition) is 3. The molecular weight excluding hydrogens is 328 g/mol. The van der Waals surface area contributed by atoms with Crippen molar-refractivity contribution < 1.29 is 14.7 Å². The van der Waals surface area contributed by atoms with E-state index in [4.69, 9.17) is 11.6 Å². The van der Waals surface area contributed by atoms with Crippen molar-refractivity contribution in [2.75, 3.05) is 11.9 Å². The first-order valence-corrected chi connectivity index (χ1v) is 7.99. The van der Waals surface area contributed by atoms with Crippen LogP contribution < -0.4 is 10.6 Å². The number of anilines is 1. The molecule has 2 aromatic carbocycles. The Morgan fingerprint density at radius 3 is 2.58 bits per heavy atom. The molecule has 0 bridgehead atoms. The highest BCUT2D eigenvalue weighted by Crippen LogP contribution is 2.21. The van der Waals surface area contributed by atoms with Crippen LogP contribution in [0.25, 0.3) is 0 Å². The van der Waals surface area contributed by atoms with Crippen LogP contribution in [0.2, 0.25) is 5.02 Å². The summed E-state index contributed by atoms with van der Waals surface area (Å²) in [4.78, 5) is 23.8. The third kappa shape index (κ3) is 4.81. The van der Waals surface area contributed by atoms with Gasteiger partial charge < -0.3 is 15.7 Å². The molecule has 2 aromatic rings. The van der Waals surface area contributed by atoms with E-state index in [0.29, 0.717) is 16.3 Å². The van der Waals surface area contributed by atoms with Crippen LogP contribution in [0.5, 0.6) is 0 Å². The zero-order valence-corrected chi connectivity index (χ0v) is 14.0. The minimum atomic E-state index is -0.987. The lowest BCUT2D eigenvalue weighted by Crippen LogP contribution is -2.37. The molecule has 0 aromatic heterocycles. The summed E-state index contributed by atoms with van der Waals surface area (Å²) in [6.07, 6.45) is -0.154. The summed E-state index contributed by atoms with van der Waals surface area (Å²) >= 11 is 5.98. The molecule has 0 aliphatic heterocycles. The number of rotatable bonds is 5. The maximum Gasteiger partial charge on any atom is 0.313 e. The normalized spacial score (nSPS) is 11.6. The molecule has 0 heterocycles. The van der Waals surface area contributed by atoms with E-state index in [-0.39, 0.29) is 6.54 Å². The van der Waals surface area contributed by atoms with Crippen LogP contribution >= 0.6 is 11.6 Å². The van der Waals surface area contributed by atoms with Crippen LogP contribution in [-0.2, 0) is 16.0 Å². The fourth-order valence-electron chi connectivity index (χ4n) is 2.18. The van der Waals surface area contributed by atoms with Crippen molar-refractivity contribution in [1.29, 1.82) is 0 Å². The van der Waals surface area contributed by atoms with Gasteiger partial charge in [-0.3, -0.25) is 9.59 Å². The van der Waals surface area contributed by atoms with Gasteiger partial charge in [0.1, 0.15) is 0 Å². The van der Waals surface area contributed by atoms with Crippen molar-refractivity contribution >= 4 is 29.1 Å². The third-order valence-corrected chi connectivity index (χ3v) is 3.86. The minimum absolute atomic E-state index is 0.106. The fourth-order valence-corrected chi connectivity index (χ4v) is 2.44. The minimum Gasteiger partial charge on any atom is -0.387 e. The third-order valence-electron chi connectivity index (χ3n) is 3.52. The van der Waals surface area contributed by atoms with E-state index in [2.05, 4.69) is 10.6 Å². The van der Waals surface area contributed by atoms with Crippen LogP contribution in [0, 0.1) is 0 Å². The standard InChI is InChI=1S/C18H19ClN2O3/c1-2-12-6-5-7-13(10-12)21-18(24)17(23)20-11-16(22)14-8-3-4-9-15(14)19/h3-10,16,22H,2,11H2,1H3,(H,20,23)(H,21,24). The highest BCUT2D eigenvalue weighted by atomic mass is 35.5. The van der Waals surface area contributed by atoms with E-state index in [1.54, 1.807) is 30.3 Å².